The molecule has 0 N–H and O–H groups in total. The highest BCUT2D eigenvalue weighted by atomic mass is 32.2. The van der Waals surface area contributed by atoms with Crippen molar-refractivity contribution in [1.82, 2.24) is 9.80 Å². The van der Waals surface area contributed by atoms with Gasteiger partial charge in [-0.2, -0.15) is 15.7 Å². The van der Waals surface area contributed by atoms with Crippen LogP contribution in [0.15, 0.2) is 30.3 Å². The standard InChI is InChI=1S/C24H29N3O3S/c25-16-21(31-13-4-5-14-31)23(29)20-17-27(12-11-26-10-6-9-22(26)28)24(30)19(20)15-18-7-2-1-3-8-18/h1-3,7-8,19-20H,4-6,9-15,17H2/t19-,20+/m1/s1. The molecule has 164 valence electrons. The molecule has 3 aliphatic rings. The molecular weight excluding hydrogens is 410 g/mol. The maximum Gasteiger partial charge on any atom is 0.226 e. The lowest BCUT2D eigenvalue weighted by atomic mass is 9.85. The normalized spacial score (nSPS) is 24.1. The highest BCUT2D eigenvalue weighted by Crippen LogP contribution is 2.33. The highest BCUT2D eigenvalue weighted by Gasteiger charge is 2.45. The third kappa shape index (κ3) is 4.74. The fourth-order valence-corrected chi connectivity index (χ4v) is 7.18. The van der Waals surface area contributed by atoms with E-state index in [4.69, 9.17) is 0 Å². The number of hydrogen-bond donors (Lipinski definition) is 0. The van der Waals surface area contributed by atoms with Crippen LogP contribution in [-0.2, 0) is 20.8 Å². The third-order valence-electron chi connectivity index (χ3n) is 6.62. The molecule has 3 aliphatic heterocycles. The van der Waals surface area contributed by atoms with Gasteiger partial charge in [0.05, 0.1) is 11.8 Å². The Morgan fingerprint density at radius 2 is 1.77 bits per heavy atom. The van der Waals surface area contributed by atoms with Crippen LogP contribution in [0.25, 0.3) is 0 Å². The van der Waals surface area contributed by atoms with E-state index in [1.165, 1.54) is 0 Å². The summed E-state index contributed by atoms with van der Waals surface area (Å²) in [4.78, 5) is 42.7. The van der Waals surface area contributed by atoms with Crippen LogP contribution in [0.3, 0.4) is 0 Å². The minimum absolute atomic E-state index is 0.0269. The number of ketones is 1. The van der Waals surface area contributed by atoms with E-state index in [2.05, 4.69) is 6.07 Å². The summed E-state index contributed by atoms with van der Waals surface area (Å²) in [5.74, 6) is 0.896. The first-order chi connectivity index (χ1) is 15.1. The van der Waals surface area contributed by atoms with Gasteiger partial charge in [-0.25, -0.2) is 0 Å². The average molecular weight is 440 g/mol. The summed E-state index contributed by atoms with van der Waals surface area (Å²) in [7, 11) is -0.262. The fraction of sp³-hybridized carbons (Fsp3) is 0.542. The molecular formula is C24H29N3O3S. The minimum atomic E-state index is -0.482. The number of nitriles is 1. The van der Waals surface area contributed by atoms with Crippen molar-refractivity contribution in [3.8, 4) is 6.07 Å². The van der Waals surface area contributed by atoms with E-state index in [0.717, 1.165) is 42.9 Å². The average Bonchev–Trinajstić information content (AvgIpc) is 3.51. The molecule has 0 bridgehead atoms. The first-order valence-corrected chi connectivity index (χ1v) is 12.7. The molecule has 2 amide bonds. The molecule has 7 heteroatoms. The lowest BCUT2D eigenvalue weighted by Gasteiger charge is -2.21. The second kappa shape index (κ2) is 9.78. The maximum absolute atomic E-state index is 13.5. The van der Waals surface area contributed by atoms with E-state index in [-0.39, 0.29) is 28.1 Å². The Morgan fingerprint density at radius 3 is 2.42 bits per heavy atom. The van der Waals surface area contributed by atoms with Crippen molar-refractivity contribution in [3.63, 3.8) is 0 Å². The van der Waals surface area contributed by atoms with Gasteiger partial charge in [-0.1, -0.05) is 30.3 Å². The minimum Gasteiger partial charge on any atom is -0.341 e. The van der Waals surface area contributed by atoms with Crippen LogP contribution >= 0.6 is 10.5 Å². The number of likely N-dealkylation sites (tertiary alicyclic amines) is 2. The van der Waals surface area contributed by atoms with Gasteiger partial charge in [-0.3, -0.25) is 14.4 Å². The number of Topliss-reactive ketones (excluding diaryl/α,β-unsaturated/α-hetero) is 1. The van der Waals surface area contributed by atoms with E-state index in [0.29, 0.717) is 37.3 Å². The van der Waals surface area contributed by atoms with E-state index in [1.807, 2.05) is 30.3 Å². The largest absolute Gasteiger partial charge is 0.341 e. The predicted octanol–water partition coefficient (Wildman–Crippen LogP) is 2.25. The third-order valence-corrected chi connectivity index (χ3v) is 9.06. The van der Waals surface area contributed by atoms with Gasteiger partial charge in [0, 0.05) is 32.6 Å². The molecule has 3 fully saturated rings. The van der Waals surface area contributed by atoms with Crippen LogP contribution in [0.2, 0.25) is 0 Å². The topological polar surface area (TPSA) is 81.5 Å². The van der Waals surface area contributed by atoms with Crippen molar-refractivity contribution in [2.24, 2.45) is 11.8 Å². The van der Waals surface area contributed by atoms with E-state index in [1.54, 1.807) is 9.80 Å². The Morgan fingerprint density at radius 1 is 1.06 bits per heavy atom. The summed E-state index contributed by atoms with van der Waals surface area (Å²) in [6.07, 6.45) is 4.08. The molecule has 0 aliphatic carbocycles. The zero-order chi connectivity index (χ0) is 21.8. The van der Waals surface area contributed by atoms with Gasteiger partial charge < -0.3 is 9.80 Å². The second-order valence-electron chi connectivity index (χ2n) is 8.58. The van der Waals surface area contributed by atoms with Crippen LogP contribution in [0.5, 0.6) is 0 Å². The van der Waals surface area contributed by atoms with Gasteiger partial charge in [0.1, 0.15) is 10.9 Å². The molecule has 0 unspecified atom stereocenters. The molecule has 1 aromatic carbocycles. The number of nitrogens with zero attached hydrogens (tertiary/aromatic N) is 3. The van der Waals surface area contributed by atoms with Crippen molar-refractivity contribution in [2.75, 3.05) is 37.7 Å². The maximum atomic E-state index is 13.5. The zero-order valence-electron chi connectivity index (χ0n) is 17.8. The lowest BCUT2D eigenvalue weighted by Crippen LogP contribution is -2.37. The number of benzene rings is 1. The summed E-state index contributed by atoms with van der Waals surface area (Å²) in [5, 5.41) is 9.76. The van der Waals surface area contributed by atoms with Crippen molar-refractivity contribution in [2.45, 2.75) is 32.1 Å². The SMILES string of the molecule is N#CC(C(=O)[C@H]1CN(CCN2CCCC2=O)C(=O)[C@@H]1Cc1ccccc1)=S1CCCC1. The molecule has 0 radical (unpaired) electrons. The molecule has 1 aromatic rings. The first kappa shape index (κ1) is 21.8. The fourth-order valence-electron chi connectivity index (χ4n) is 4.90. The zero-order valence-corrected chi connectivity index (χ0v) is 18.6. The van der Waals surface area contributed by atoms with Gasteiger partial charge in [0.25, 0.3) is 0 Å². The number of carbonyl (C=O) groups excluding carboxylic acids is 3. The Labute approximate surface area is 186 Å². The van der Waals surface area contributed by atoms with Crippen LogP contribution in [-0.4, -0.2) is 69.9 Å². The smallest absolute Gasteiger partial charge is 0.226 e. The van der Waals surface area contributed by atoms with Crippen LogP contribution in [0.1, 0.15) is 31.2 Å². The molecule has 31 heavy (non-hydrogen) atoms. The number of hydrogen-bond acceptors (Lipinski definition) is 4. The summed E-state index contributed by atoms with van der Waals surface area (Å²) in [6, 6.07) is 12.0. The van der Waals surface area contributed by atoms with Gasteiger partial charge >= 0.3 is 0 Å². The van der Waals surface area contributed by atoms with Crippen molar-refractivity contribution < 1.29 is 14.4 Å². The van der Waals surface area contributed by atoms with Crippen LogP contribution in [0.4, 0.5) is 0 Å². The summed E-state index contributed by atoms with van der Waals surface area (Å²) < 4.78 is 0. The lowest BCUT2D eigenvalue weighted by molar-refractivity contribution is -0.133. The molecule has 0 saturated carbocycles. The number of carbonyl (C=O) groups is 3. The second-order valence-corrected chi connectivity index (χ2v) is 10.8. The Kier molecular flexibility index (Phi) is 6.86. The van der Waals surface area contributed by atoms with Crippen molar-refractivity contribution >= 4 is 32.9 Å². The number of amides is 2. The molecule has 2 atom stereocenters. The van der Waals surface area contributed by atoms with Crippen molar-refractivity contribution in [1.29, 1.82) is 5.26 Å². The molecule has 0 aromatic heterocycles. The predicted molar refractivity (Wildman–Crippen MR) is 122 cm³/mol. The van der Waals surface area contributed by atoms with Gasteiger partial charge in [-0.15, -0.1) is 0 Å². The van der Waals surface area contributed by atoms with E-state index in [9.17, 15) is 19.6 Å². The number of rotatable bonds is 7. The molecule has 0 spiro atoms. The summed E-state index contributed by atoms with van der Waals surface area (Å²) in [6.45, 7) is 2.06. The molecule has 3 heterocycles. The first-order valence-electron chi connectivity index (χ1n) is 11.2. The Balaban J connectivity index is 1.55. The quantitative estimate of drug-likeness (QED) is 0.610. The monoisotopic (exact) mass is 439 g/mol. The molecule has 3 saturated heterocycles. The molecule has 4 rings (SSSR count). The highest BCUT2D eigenvalue weighted by molar-refractivity contribution is 8.17. The molecule has 6 nitrogen and oxygen atoms in total. The van der Waals surface area contributed by atoms with Crippen LogP contribution < -0.4 is 0 Å². The summed E-state index contributed by atoms with van der Waals surface area (Å²) in [5.41, 5.74) is 1.03. The van der Waals surface area contributed by atoms with Crippen molar-refractivity contribution in [3.05, 3.63) is 35.9 Å². The van der Waals surface area contributed by atoms with E-state index < -0.39 is 11.8 Å². The van der Waals surface area contributed by atoms with Gasteiger partial charge in [0.15, 0.2) is 5.78 Å². The Bertz CT molecular complexity index is 929. The van der Waals surface area contributed by atoms with Crippen LogP contribution in [0, 0.1) is 23.2 Å². The van der Waals surface area contributed by atoms with Gasteiger partial charge in [-0.05, 0) is 42.8 Å². The van der Waals surface area contributed by atoms with Gasteiger partial charge in [0.2, 0.25) is 11.8 Å². The van der Waals surface area contributed by atoms with E-state index >= 15 is 0 Å². The summed E-state index contributed by atoms with van der Waals surface area (Å²) >= 11 is 0. The Hall–Kier alpha value is -2.46.